The van der Waals surface area contributed by atoms with Gasteiger partial charge in [0.05, 0.1) is 6.04 Å². The zero-order valence-electron chi connectivity index (χ0n) is 16.0. The summed E-state index contributed by atoms with van der Waals surface area (Å²) in [6, 6.07) is 8.08. The van der Waals surface area contributed by atoms with Crippen LogP contribution in [-0.2, 0) is 11.3 Å². The quantitative estimate of drug-likeness (QED) is 0.784. The van der Waals surface area contributed by atoms with Gasteiger partial charge in [-0.2, -0.15) is 0 Å². The van der Waals surface area contributed by atoms with E-state index >= 15 is 0 Å². The molecule has 5 nitrogen and oxygen atoms in total. The van der Waals surface area contributed by atoms with E-state index in [4.69, 9.17) is 11.6 Å². The maximum absolute atomic E-state index is 12.8. The molecule has 1 aromatic rings. The lowest BCUT2D eigenvalue weighted by Gasteiger charge is -2.41. The second kappa shape index (κ2) is 9.18. The zero-order valence-corrected chi connectivity index (χ0v) is 16.8. The van der Waals surface area contributed by atoms with Crippen LogP contribution in [0.3, 0.4) is 0 Å². The largest absolute Gasteiger partial charge is 0.339 e. The highest BCUT2D eigenvalue weighted by atomic mass is 35.5. The van der Waals surface area contributed by atoms with Gasteiger partial charge in [-0.15, -0.1) is 0 Å². The average Bonchev–Trinajstić information content (AvgIpc) is 2.69. The van der Waals surface area contributed by atoms with E-state index in [-0.39, 0.29) is 6.04 Å². The van der Waals surface area contributed by atoms with Crippen LogP contribution >= 0.6 is 11.6 Å². The summed E-state index contributed by atoms with van der Waals surface area (Å²) in [6.45, 7) is 13.9. The van der Waals surface area contributed by atoms with E-state index in [2.05, 4.69) is 45.6 Å². The Morgan fingerprint density at radius 1 is 0.962 bits per heavy atom. The molecule has 26 heavy (non-hydrogen) atoms. The van der Waals surface area contributed by atoms with Gasteiger partial charge in [-0.1, -0.05) is 30.7 Å². The summed E-state index contributed by atoms with van der Waals surface area (Å²) in [5.74, 6) is 0.298. The summed E-state index contributed by atoms with van der Waals surface area (Å²) in [5.41, 5.74) is 1.29. The van der Waals surface area contributed by atoms with Gasteiger partial charge in [-0.3, -0.25) is 14.6 Å². The smallest absolute Gasteiger partial charge is 0.239 e. The zero-order chi connectivity index (χ0) is 18.5. The van der Waals surface area contributed by atoms with Crippen molar-refractivity contribution in [3.05, 3.63) is 34.9 Å². The molecule has 1 unspecified atom stereocenters. The first-order valence-electron chi connectivity index (χ1n) is 9.79. The van der Waals surface area contributed by atoms with Gasteiger partial charge in [0.25, 0.3) is 0 Å². The van der Waals surface area contributed by atoms with Crippen molar-refractivity contribution in [1.82, 2.24) is 19.6 Å². The van der Waals surface area contributed by atoms with E-state index in [1.54, 1.807) is 0 Å². The van der Waals surface area contributed by atoms with Crippen molar-refractivity contribution in [2.75, 3.05) is 58.9 Å². The molecule has 0 saturated carbocycles. The number of benzene rings is 1. The standard InChI is InChI=1S/C20H31ClN4O/c1-3-22-8-14-25(15-9-22)20(26)17(2)24-12-10-23(11-13-24)16-18-4-6-19(21)7-5-18/h4-7,17H,3,8-16H2,1-2H3. The predicted octanol–water partition coefficient (Wildman–Crippen LogP) is 2.01. The number of amides is 1. The van der Waals surface area contributed by atoms with Crippen molar-refractivity contribution in [3.8, 4) is 0 Å². The summed E-state index contributed by atoms with van der Waals surface area (Å²) in [4.78, 5) is 22.1. The first-order valence-corrected chi connectivity index (χ1v) is 10.2. The average molecular weight is 379 g/mol. The fourth-order valence-electron chi connectivity index (χ4n) is 3.86. The predicted molar refractivity (Wildman–Crippen MR) is 106 cm³/mol. The monoisotopic (exact) mass is 378 g/mol. The topological polar surface area (TPSA) is 30.0 Å². The van der Waals surface area contributed by atoms with E-state index < -0.39 is 0 Å². The normalized spacial score (nSPS) is 21.7. The second-order valence-electron chi connectivity index (χ2n) is 7.37. The third kappa shape index (κ3) is 4.97. The van der Waals surface area contributed by atoms with Gasteiger partial charge in [-0.05, 0) is 31.2 Å². The molecule has 2 saturated heterocycles. The molecule has 0 spiro atoms. The fraction of sp³-hybridized carbons (Fsp3) is 0.650. The summed E-state index contributed by atoms with van der Waals surface area (Å²) in [5, 5.41) is 0.783. The Labute approximate surface area is 162 Å². The van der Waals surface area contributed by atoms with Crippen molar-refractivity contribution in [2.45, 2.75) is 26.4 Å². The molecule has 1 atom stereocenters. The van der Waals surface area contributed by atoms with Crippen LogP contribution < -0.4 is 0 Å². The minimum Gasteiger partial charge on any atom is -0.339 e. The van der Waals surface area contributed by atoms with Crippen molar-refractivity contribution in [1.29, 1.82) is 0 Å². The molecule has 0 radical (unpaired) electrons. The Kier molecular flexibility index (Phi) is 6.92. The Morgan fingerprint density at radius 2 is 1.54 bits per heavy atom. The molecule has 0 N–H and O–H groups in total. The van der Waals surface area contributed by atoms with Crippen molar-refractivity contribution in [2.24, 2.45) is 0 Å². The van der Waals surface area contributed by atoms with E-state index in [1.165, 1.54) is 5.56 Å². The third-order valence-corrected chi connectivity index (χ3v) is 6.01. The van der Waals surface area contributed by atoms with Gasteiger partial charge < -0.3 is 9.80 Å². The molecule has 2 heterocycles. The van der Waals surface area contributed by atoms with E-state index in [9.17, 15) is 4.79 Å². The van der Waals surface area contributed by atoms with Gasteiger partial charge in [0.15, 0.2) is 0 Å². The molecule has 0 aliphatic carbocycles. The van der Waals surface area contributed by atoms with Crippen LogP contribution in [0.1, 0.15) is 19.4 Å². The SMILES string of the molecule is CCN1CCN(C(=O)C(C)N2CCN(Cc3ccc(Cl)cc3)CC2)CC1. The van der Waals surface area contributed by atoms with Crippen LogP contribution in [0.15, 0.2) is 24.3 Å². The minimum absolute atomic E-state index is 0.0131. The molecular formula is C20H31ClN4O. The molecule has 0 bridgehead atoms. The molecule has 3 rings (SSSR count). The number of likely N-dealkylation sites (N-methyl/N-ethyl adjacent to an activating group) is 1. The van der Waals surface area contributed by atoms with E-state index in [0.717, 1.165) is 70.5 Å². The highest BCUT2D eigenvalue weighted by Crippen LogP contribution is 2.15. The lowest BCUT2D eigenvalue weighted by atomic mass is 10.1. The van der Waals surface area contributed by atoms with Crippen LogP contribution in [-0.4, -0.2) is 90.5 Å². The van der Waals surface area contributed by atoms with Crippen molar-refractivity contribution < 1.29 is 4.79 Å². The molecule has 2 fully saturated rings. The summed E-state index contributed by atoms with van der Waals surface area (Å²) in [6.07, 6.45) is 0. The molecule has 1 aromatic carbocycles. The van der Waals surface area contributed by atoms with Gasteiger partial charge >= 0.3 is 0 Å². The minimum atomic E-state index is -0.0131. The number of hydrogen-bond donors (Lipinski definition) is 0. The molecule has 0 aromatic heterocycles. The summed E-state index contributed by atoms with van der Waals surface area (Å²) >= 11 is 5.96. The molecule has 2 aliphatic heterocycles. The van der Waals surface area contributed by atoms with Crippen LogP contribution in [0.25, 0.3) is 0 Å². The Balaban J connectivity index is 1.45. The Morgan fingerprint density at radius 3 is 2.12 bits per heavy atom. The summed E-state index contributed by atoms with van der Waals surface area (Å²) < 4.78 is 0. The molecule has 144 valence electrons. The summed E-state index contributed by atoms with van der Waals surface area (Å²) in [7, 11) is 0. The lowest BCUT2D eigenvalue weighted by Crippen LogP contribution is -2.57. The Bertz CT molecular complexity index is 578. The number of nitrogens with zero attached hydrogens (tertiary/aromatic N) is 4. The van der Waals surface area contributed by atoms with Crippen molar-refractivity contribution >= 4 is 17.5 Å². The van der Waals surface area contributed by atoms with Crippen LogP contribution in [0, 0.1) is 0 Å². The van der Waals surface area contributed by atoms with E-state index in [0.29, 0.717) is 5.91 Å². The number of hydrogen-bond acceptors (Lipinski definition) is 4. The third-order valence-electron chi connectivity index (χ3n) is 5.76. The van der Waals surface area contributed by atoms with Gasteiger partial charge in [0, 0.05) is 63.9 Å². The molecule has 6 heteroatoms. The fourth-order valence-corrected chi connectivity index (χ4v) is 3.99. The first-order chi connectivity index (χ1) is 12.6. The lowest BCUT2D eigenvalue weighted by molar-refractivity contribution is -0.138. The number of piperazine rings is 2. The van der Waals surface area contributed by atoms with Gasteiger partial charge in [0.2, 0.25) is 5.91 Å². The number of halogens is 1. The maximum atomic E-state index is 12.8. The first kappa shape index (κ1) is 19.6. The van der Waals surface area contributed by atoms with E-state index in [1.807, 2.05) is 12.1 Å². The highest BCUT2D eigenvalue weighted by molar-refractivity contribution is 6.30. The molecule has 1 amide bonds. The number of carbonyl (C=O) groups excluding carboxylic acids is 1. The van der Waals surface area contributed by atoms with Gasteiger partial charge in [-0.25, -0.2) is 0 Å². The number of rotatable bonds is 5. The van der Waals surface area contributed by atoms with Crippen LogP contribution in [0.2, 0.25) is 5.02 Å². The van der Waals surface area contributed by atoms with Gasteiger partial charge in [0.1, 0.15) is 0 Å². The second-order valence-corrected chi connectivity index (χ2v) is 7.81. The maximum Gasteiger partial charge on any atom is 0.239 e. The van der Waals surface area contributed by atoms with Crippen LogP contribution in [0.5, 0.6) is 0 Å². The van der Waals surface area contributed by atoms with Crippen molar-refractivity contribution in [3.63, 3.8) is 0 Å². The molecule has 2 aliphatic rings. The molecular weight excluding hydrogens is 348 g/mol. The number of carbonyl (C=O) groups is 1. The highest BCUT2D eigenvalue weighted by Gasteiger charge is 2.30. The Hall–Kier alpha value is -1.14. The van der Waals surface area contributed by atoms with Crippen LogP contribution in [0.4, 0.5) is 0 Å².